The maximum atomic E-state index is 10.4. The molecule has 2 nitrogen and oxygen atoms in total. The van der Waals surface area contributed by atoms with Gasteiger partial charge >= 0.3 is 17.1 Å². The van der Waals surface area contributed by atoms with Crippen molar-refractivity contribution in [1.29, 1.82) is 0 Å². The Labute approximate surface area is 153 Å². The van der Waals surface area contributed by atoms with Gasteiger partial charge in [0, 0.05) is 18.4 Å². The van der Waals surface area contributed by atoms with Gasteiger partial charge in [-0.3, -0.25) is 0 Å². The number of hydrogen-bond acceptors (Lipinski definition) is 2. The van der Waals surface area contributed by atoms with E-state index in [2.05, 4.69) is 11.3 Å². The SMILES string of the molecule is CN(C)C[C]1[CH][CH][CH][C]1[C@@H](O)c1ccccc1.[CH]1[CH][CH][CH][CH]1.[Fe+2]. The molecule has 1 aromatic carbocycles. The summed E-state index contributed by atoms with van der Waals surface area (Å²) in [7, 11) is 4.07. The predicted molar refractivity (Wildman–Crippen MR) is 90.8 cm³/mol. The first-order valence-electron chi connectivity index (χ1n) is 7.47. The van der Waals surface area contributed by atoms with Crippen LogP contribution in [0, 0.1) is 63.2 Å². The van der Waals surface area contributed by atoms with E-state index in [4.69, 9.17) is 0 Å². The largest absolute Gasteiger partial charge is 2.00 e. The Hall–Kier alpha value is -0.341. The van der Waals surface area contributed by atoms with Crippen molar-refractivity contribution in [3.8, 4) is 0 Å². The van der Waals surface area contributed by atoms with Crippen LogP contribution in [0.15, 0.2) is 30.3 Å². The minimum Gasteiger partial charge on any atom is -0.388 e. The van der Waals surface area contributed by atoms with Crippen molar-refractivity contribution in [1.82, 2.24) is 4.90 Å². The number of nitrogens with zero attached hydrogens (tertiary/aromatic N) is 1. The molecule has 2 fully saturated rings. The fourth-order valence-corrected chi connectivity index (χ4v) is 2.36. The molecule has 0 heterocycles. The van der Waals surface area contributed by atoms with Crippen LogP contribution in [0.4, 0.5) is 0 Å². The number of aliphatic hydroxyl groups excluding tert-OH is 1. The Morgan fingerprint density at radius 2 is 1.43 bits per heavy atom. The van der Waals surface area contributed by atoms with Gasteiger partial charge in [-0.2, -0.15) is 0 Å². The zero-order valence-corrected chi connectivity index (χ0v) is 14.6. The monoisotopic (exact) mass is 349 g/mol. The summed E-state index contributed by atoms with van der Waals surface area (Å²) in [6.45, 7) is 0.853. The summed E-state index contributed by atoms with van der Waals surface area (Å²) in [6.07, 6.45) is 15.5. The van der Waals surface area contributed by atoms with Crippen molar-refractivity contribution in [2.45, 2.75) is 6.10 Å². The van der Waals surface area contributed by atoms with E-state index in [-0.39, 0.29) is 17.1 Å². The van der Waals surface area contributed by atoms with Gasteiger partial charge in [0.25, 0.3) is 0 Å². The minimum absolute atomic E-state index is 0. The molecule has 0 spiro atoms. The van der Waals surface area contributed by atoms with E-state index in [9.17, 15) is 5.11 Å². The summed E-state index contributed by atoms with van der Waals surface area (Å²) in [5.41, 5.74) is 0.943. The van der Waals surface area contributed by atoms with Crippen LogP contribution >= 0.6 is 0 Å². The molecular weight excluding hydrogens is 326 g/mol. The summed E-state index contributed by atoms with van der Waals surface area (Å²) in [5.74, 6) is 2.19. The van der Waals surface area contributed by atoms with Crippen molar-refractivity contribution in [3.63, 3.8) is 0 Å². The first kappa shape index (κ1) is 20.7. The predicted octanol–water partition coefficient (Wildman–Crippen LogP) is 3.08. The van der Waals surface area contributed by atoms with Gasteiger partial charge in [0.1, 0.15) is 0 Å². The van der Waals surface area contributed by atoms with Crippen LogP contribution in [-0.2, 0) is 17.1 Å². The summed E-state index contributed by atoms with van der Waals surface area (Å²) in [5, 5.41) is 10.4. The standard InChI is InChI=1S/C15H18NO.C5H5.Fe/c1-16(2)11-13-9-6-10-14(13)15(17)12-7-4-3-5-8-12;1-2-4-5-3-1;/h3-10,15,17H,11H2,1-2H3;1-5H;/q;;+2/t15-;;/m0../s1. The molecule has 0 saturated heterocycles. The molecule has 3 heteroatoms. The van der Waals surface area contributed by atoms with E-state index in [0.29, 0.717) is 0 Å². The van der Waals surface area contributed by atoms with Crippen LogP contribution in [0.5, 0.6) is 0 Å². The van der Waals surface area contributed by atoms with Gasteiger partial charge < -0.3 is 10.0 Å². The maximum absolute atomic E-state index is 10.4. The Bertz CT molecular complexity index is 398. The average molecular weight is 349 g/mol. The summed E-state index contributed by atoms with van der Waals surface area (Å²) in [6, 6.07) is 9.77. The molecule has 2 aliphatic rings. The Kier molecular flexibility index (Phi) is 10.1. The number of aliphatic hydroxyl groups is 1. The van der Waals surface area contributed by atoms with Crippen molar-refractivity contribution in [2.75, 3.05) is 20.6 Å². The summed E-state index contributed by atoms with van der Waals surface area (Å²) >= 11 is 0. The first-order valence-corrected chi connectivity index (χ1v) is 7.47. The molecule has 23 heavy (non-hydrogen) atoms. The van der Waals surface area contributed by atoms with Gasteiger partial charge in [-0.15, -0.1) is 0 Å². The van der Waals surface area contributed by atoms with Crippen molar-refractivity contribution < 1.29 is 22.2 Å². The first-order chi connectivity index (χ1) is 10.7. The van der Waals surface area contributed by atoms with E-state index < -0.39 is 6.10 Å². The van der Waals surface area contributed by atoms with Gasteiger partial charge in [-0.25, -0.2) is 0 Å². The average Bonchev–Trinajstić information content (AvgIpc) is 3.21. The van der Waals surface area contributed by atoms with Crippen molar-refractivity contribution >= 4 is 0 Å². The maximum Gasteiger partial charge on any atom is 2.00 e. The summed E-state index contributed by atoms with van der Waals surface area (Å²) < 4.78 is 0. The molecular formula is C20H23FeNO+2. The molecule has 1 atom stereocenters. The van der Waals surface area contributed by atoms with Crippen LogP contribution in [0.1, 0.15) is 11.7 Å². The van der Waals surface area contributed by atoms with Gasteiger partial charge in [-0.05, 0) is 71.0 Å². The topological polar surface area (TPSA) is 23.5 Å². The van der Waals surface area contributed by atoms with Crippen LogP contribution in [-0.4, -0.2) is 30.6 Å². The molecule has 1 aromatic rings. The van der Waals surface area contributed by atoms with E-state index in [1.807, 2.05) is 89.4 Å². The molecule has 0 bridgehead atoms. The van der Waals surface area contributed by atoms with E-state index >= 15 is 0 Å². The third-order valence-corrected chi connectivity index (χ3v) is 3.40. The minimum atomic E-state index is -0.527. The van der Waals surface area contributed by atoms with Gasteiger partial charge in [0.2, 0.25) is 0 Å². The number of benzene rings is 1. The molecule has 0 amide bonds. The molecule has 0 aromatic heterocycles. The third-order valence-electron chi connectivity index (χ3n) is 3.40. The fourth-order valence-electron chi connectivity index (χ4n) is 2.36. The molecule has 3 rings (SSSR count). The van der Waals surface area contributed by atoms with Crippen molar-refractivity contribution in [3.05, 3.63) is 99.1 Å². The van der Waals surface area contributed by atoms with Crippen LogP contribution in [0.25, 0.3) is 0 Å². The molecule has 2 aliphatic carbocycles. The zero-order chi connectivity index (χ0) is 15.8. The molecule has 120 valence electrons. The Balaban J connectivity index is 0.000000377. The quantitative estimate of drug-likeness (QED) is 0.845. The molecule has 10 radical (unpaired) electrons. The molecule has 2 saturated carbocycles. The number of hydrogen-bond donors (Lipinski definition) is 1. The van der Waals surface area contributed by atoms with Crippen molar-refractivity contribution in [2.24, 2.45) is 0 Å². The van der Waals surface area contributed by atoms with Crippen LogP contribution in [0.3, 0.4) is 0 Å². The van der Waals surface area contributed by atoms with Crippen LogP contribution in [0.2, 0.25) is 0 Å². The molecule has 0 aliphatic heterocycles. The second-order valence-electron chi connectivity index (χ2n) is 5.52. The second-order valence-corrected chi connectivity index (χ2v) is 5.52. The Morgan fingerprint density at radius 3 is 1.96 bits per heavy atom. The normalized spacial score (nSPS) is 20.0. The van der Waals surface area contributed by atoms with E-state index in [0.717, 1.165) is 18.0 Å². The van der Waals surface area contributed by atoms with E-state index in [1.54, 1.807) is 0 Å². The third kappa shape index (κ3) is 6.97. The molecule has 0 unspecified atom stereocenters. The van der Waals surface area contributed by atoms with E-state index in [1.165, 1.54) is 5.92 Å². The smallest absolute Gasteiger partial charge is 0.388 e. The van der Waals surface area contributed by atoms with Gasteiger partial charge in [0.05, 0.1) is 6.10 Å². The number of rotatable bonds is 4. The van der Waals surface area contributed by atoms with Gasteiger partial charge in [0.15, 0.2) is 0 Å². The van der Waals surface area contributed by atoms with Gasteiger partial charge in [-0.1, -0.05) is 30.3 Å². The summed E-state index contributed by atoms with van der Waals surface area (Å²) in [4.78, 5) is 2.11. The van der Waals surface area contributed by atoms with Crippen LogP contribution < -0.4 is 0 Å². The molecule has 1 N–H and O–H groups in total. The second kappa shape index (κ2) is 11.3. The fraction of sp³-hybridized carbons (Fsp3) is 0.200. The zero-order valence-electron chi connectivity index (χ0n) is 13.5. The Morgan fingerprint density at radius 1 is 0.870 bits per heavy atom.